The summed E-state index contributed by atoms with van der Waals surface area (Å²) in [6.45, 7) is 4.83. The molecule has 134 valence electrons. The van der Waals surface area contributed by atoms with Crippen molar-refractivity contribution in [1.29, 1.82) is 0 Å². The average Bonchev–Trinajstić information content (AvgIpc) is 2.44. The lowest BCUT2D eigenvalue weighted by molar-refractivity contribution is 0.0361. The van der Waals surface area contributed by atoms with Gasteiger partial charge in [0.25, 0.3) is 0 Å². The summed E-state index contributed by atoms with van der Waals surface area (Å²) in [7, 11) is 0. The highest BCUT2D eigenvalue weighted by Crippen LogP contribution is 2.29. The fourth-order valence-electron chi connectivity index (χ4n) is 2.40. The van der Waals surface area contributed by atoms with Gasteiger partial charge in [0, 0.05) is 24.4 Å². The van der Waals surface area contributed by atoms with Gasteiger partial charge >= 0.3 is 6.09 Å². The van der Waals surface area contributed by atoms with E-state index in [2.05, 4.69) is 5.32 Å². The van der Waals surface area contributed by atoms with Crippen LogP contribution in [0.1, 0.15) is 45.3 Å². The molecule has 7 heteroatoms. The second kappa shape index (κ2) is 7.36. The summed E-state index contributed by atoms with van der Waals surface area (Å²) in [5.74, 6) is -0.179. The van der Waals surface area contributed by atoms with Gasteiger partial charge in [-0.3, -0.25) is 0 Å². The highest BCUT2D eigenvalue weighted by atomic mass is 19.1. The van der Waals surface area contributed by atoms with E-state index in [1.807, 2.05) is 0 Å². The van der Waals surface area contributed by atoms with Crippen LogP contribution >= 0.6 is 0 Å². The van der Waals surface area contributed by atoms with E-state index in [4.69, 9.17) is 14.6 Å². The third-order valence-electron chi connectivity index (χ3n) is 3.62. The molecule has 1 aromatic rings. The van der Waals surface area contributed by atoms with Crippen molar-refractivity contribution in [3.8, 4) is 5.75 Å². The molecule has 3 N–H and O–H groups in total. The minimum atomic E-state index is -1.28. The van der Waals surface area contributed by atoms with Crippen LogP contribution in [0.4, 0.5) is 9.18 Å². The molecule has 0 bridgehead atoms. The van der Waals surface area contributed by atoms with Crippen molar-refractivity contribution in [2.45, 2.75) is 57.5 Å². The number of nitrogens with one attached hydrogen (secondary N) is 1. The molecule has 2 rings (SSSR count). The van der Waals surface area contributed by atoms with Crippen LogP contribution in [0.2, 0.25) is 0 Å². The summed E-state index contributed by atoms with van der Waals surface area (Å²) in [5, 5.41) is 21.3. The molecular formula is C17H24FNO5. The monoisotopic (exact) mass is 341 g/mol. The lowest BCUT2D eigenvalue weighted by Gasteiger charge is -2.36. The Kier molecular flexibility index (Phi) is 5.66. The van der Waals surface area contributed by atoms with Crippen LogP contribution in [0.15, 0.2) is 18.2 Å². The molecule has 0 spiro atoms. The number of carbonyl (C=O) groups is 1. The lowest BCUT2D eigenvalue weighted by Crippen LogP contribution is -2.50. The molecule has 0 heterocycles. The Bertz CT molecular complexity index is 581. The summed E-state index contributed by atoms with van der Waals surface area (Å²) in [6.07, 6.45) is -0.602. The first kappa shape index (κ1) is 18.5. The zero-order valence-electron chi connectivity index (χ0n) is 14.1. The number of alkyl carbamates (subject to hydrolysis) is 1. The van der Waals surface area contributed by atoms with E-state index in [-0.39, 0.29) is 17.7 Å². The van der Waals surface area contributed by atoms with Gasteiger partial charge in [-0.25, -0.2) is 9.18 Å². The minimum Gasteiger partial charge on any atom is -0.490 e. The topological polar surface area (TPSA) is 88.0 Å². The Labute approximate surface area is 140 Å². The van der Waals surface area contributed by atoms with Crippen molar-refractivity contribution in [2.75, 3.05) is 6.61 Å². The van der Waals surface area contributed by atoms with Crippen LogP contribution in [0, 0.1) is 5.82 Å². The first-order valence-electron chi connectivity index (χ1n) is 7.92. The Morgan fingerprint density at radius 1 is 1.42 bits per heavy atom. The highest BCUT2D eigenvalue weighted by molar-refractivity contribution is 5.68. The van der Waals surface area contributed by atoms with E-state index in [0.717, 1.165) is 0 Å². The largest absolute Gasteiger partial charge is 0.490 e. The SMILES string of the molecule is CC(C)(C)OC(=O)NC1CC(Oc2ccc(F)c(C(O)CO)c2)C1. The second-order valence-electron chi connectivity index (χ2n) is 6.94. The molecule has 24 heavy (non-hydrogen) atoms. The van der Waals surface area contributed by atoms with Crippen LogP contribution in [-0.4, -0.2) is 40.7 Å². The second-order valence-corrected chi connectivity index (χ2v) is 6.94. The molecule has 0 aromatic heterocycles. The Balaban J connectivity index is 1.82. The Hall–Kier alpha value is -1.86. The smallest absolute Gasteiger partial charge is 0.407 e. The van der Waals surface area contributed by atoms with Crippen molar-refractivity contribution >= 4 is 6.09 Å². The fourth-order valence-corrected chi connectivity index (χ4v) is 2.40. The summed E-state index contributed by atoms with van der Waals surface area (Å²) in [4.78, 5) is 11.6. The molecule has 0 saturated heterocycles. The third-order valence-corrected chi connectivity index (χ3v) is 3.62. The number of ether oxygens (including phenoxy) is 2. The van der Waals surface area contributed by atoms with Gasteiger partial charge in [0.05, 0.1) is 6.61 Å². The summed E-state index contributed by atoms with van der Waals surface area (Å²) in [6, 6.07) is 4.02. The minimum absolute atomic E-state index is 0.00208. The van der Waals surface area contributed by atoms with Crippen LogP contribution in [0.3, 0.4) is 0 Å². The van der Waals surface area contributed by atoms with E-state index in [0.29, 0.717) is 18.6 Å². The van der Waals surface area contributed by atoms with Crippen molar-refractivity contribution in [1.82, 2.24) is 5.32 Å². The zero-order chi connectivity index (χ0) is 17.9. The van der Waals surface area contributed by atoms with E-state index in [1.165, 1.54) is 18.2 Å². The molecule has 1 amide bonds. The molecule has 1 atom stereocenters. The first-order valence-corrected chi connectivity index (χ1v) is 7.92. The average molecular weight is 341 g/mol. The predicted molar refractivity (Wildman–Crippen MR) is 85.3 cm³/mol. The third kappa shape index (κ3) is 5.07. The normalized spacial score (nSPS) is 21.6. The summed E-state index contributed by atoms with van der Waals surface area (Å²) in [5.41, 5.74) is -0.542. The summed E-state index contributed by atoms with van der Waals surface area (Å²) < 4.78 is 24.5. The van der Waals surface area contributed by atoms with Gasteiger partial charge in [-0.15, -0.1) is 0 Å². The molecule has 1 fully saturated rings. The number of benzene rings is 1. The van der Waals surface area contributed by atoms with Gasteiger partial charge in [-0.2, -0.15) is 0 Å². The van der Waals surface area contributed by atoms with Crippen molar-refractivity contribution < 1.29 is 28.9 Å². The number of halogens is 1. The van der Waals surface area contributed by atoms with E-state index in [9.17, 15) is 14.3 Å². The predicted octanol–water partition coefficient (Wildman–Crippen LogP) is 2.29. The molecule has 6 nitrogen and oxygen atoms in total. The van der Waals surface area contributed by atoms with Crippen LogP contribution in [0.25, 0.3) is 0 Å². The maximum atomic E-state index is 13.6. The number of hydrogen-bond donors (Lipinski definition) is 3. The van der Waals surface area contributed by atoms with Gasteiger partial charge in [0.2, 0.25) is 0 Å². The number of carbonyl (C=O) groups excluding carboxylic acids is 1. The van der Waals surface area contributed by atoms with Crippen LogP contribution in [-0.2, 0) is 4.74 Å². The van der Waals surface area contributed by atoms with Gasteiger partial charge in [0.1, 0.15) is 29.4 Å². The highest BCUT2D eigenvalue weighted by Gasteiger charge is 2.33. The molecule has 0 aliphatic heterocycles. The maximum absolute atomic E-state index is 13.6. The first-order chi connectivity index (χ1) is 11.2. The Morgan fingerprint density at radius 2 is 2.08 bits per heavy atom. The number of amides is 1. The van der Waals surface area contributed by atoms with Gasteiger partial charge in [-0.05, 0) is 39.0 Å². The standard InChI is InChI=1S/C17H24FNO5/c1-17(2,3)24-16(22)19-10-6-12(7-10)23-11-4-5-14(18)13(8-11)15(21)9-20/h4-5,8,10,12,15,20-21H,6-7,9H2,1-3H3,(H,19,22). The quantitative estimate of drug-likeness (QED) is 0.765. The van der Waals surface area contributed by atoms with Crippen LogP contribution < -0.4 is 10.1 Å². The molecule has 0 radical (unpaired) electrons. The zero-order valence-corrected chi connectivity index (χ0v) is 14.1. The molecule has 1 unspecified atom stereocenters. The van der Waals surface area contributed by atoms with Crippen molar-refractivity contribution in [2.24, 2.45) is 0 Å². The van der Waals surface area contributed by atoms with Crippen molar-refractivity contribution in [3.63, 3.8) is 0 Å². The fraction of sp³-hybridized carbons (Fsp3) is 0.588. The molecule has 1 aliphatic rings. The molecule has 1 saturated carbocycles. The number of aliphatic hydroxyl groups is 2. The lowest BCUT2D eigenvalue weighted by atomic mass is 9.89. The molecular weight excluding hydrogens is 317 g/mol. The van der Waals surface area contributed by atoms with Crippen LogP contribution in [0.5, 0.6) is 5.75 Å². The van der Waals surface area contributed by atoms with E-state index in [1.54, 1.807) is 20.8 Å². The molecule has 1 aromatic carbocycles. The van der Waals surface area contributed by atoms with Crippen molar-refractivity contribution in [3.05, 3.63) is 29.6 Å². The van der Waals surface area contributed by atoms with Gasteiger partial charge in [-0.1, -0.05) is 0 Å². The summed E-state index contributed by atoms with van der Waals surface area (Å²) >= 11 is 0. The number of aliphatic hydroxyl groups excluding tert-OH is 2. The molecule has 1 aliphatic carbocycles. The van der Waals surface area contributed by atoms with Gasteiger partial charge < -0.3 is 25.0 Å². The van der Waals surface area contributed by atoms with E-state index >= 15 is 0 Å². The Morgan fingerprint density at radius 3 is 2.67 bits per heavy atom. The van der Waals surface area contributed by atoms with Gasteiger partial charge in [0.15, 0.2) is 0 Å². The number of rotatable bonds is 5. The van der Waals surface area contributed by atoms with E-state index < -0.39 is 30.2 Å². The maximum Gasteiger partial charge on any atom is 0.407 e. The number of hydrogen-bond acceptors (Lipinski definition) is 5.